The van der Waals surface area contributed by atoms with Crippen LogP contribution in [-0.4, -0.2) is 30.0 Å². The molecule has 0 aliphatic rings. The van der Waals surface area contributed by atoms with Gasteiger partial charge in [0.25, 0.3) is 0 Å². The molecule has 1 amide bonds. The molecule has 0 radical (unpaired) electrons. The van der Waals surface area contributed by atoms with E-state index in [-0.39, 0.29) is 17.1 Å². The number of nitrogens with one attached hydrogen (secondary N) is 1. The van der Waals surface area contributed by atoms with Gasteiger partial charge in [0.15, 0.2) is 0 Å². The largest absolute Gasteiger partial charge is 0.469 e. The molecule has 0 fully saturated rings. The van der Waals surface area contributed by atoms with Crippen molar-refractivity contribution in [3.8, 4) is 0 Å². The highest BCUT2D eigenvalue weighted by Crippen LogP contribution is 2.14. The van der Waals surface area contributed by atoms with Crippen LogP contribution in [0.15, 0.2) is 0 Å². The maximum absolute atomic E-state index is 10.8. The van der Waals surface area contributed by atoms with Gasteiger partial charge in [-0.2, -0.15) is 11.8 Å². The van der Waals surface area contributed by atoms with Gasteiger partial charge in [-0.05, 0) is 0 Å². The zero-order valence-electron chi connectivity index (χ0n) is 8.41. The summed E-state index contributed by atoms with van der Waals surface area (Å²) in [6, 6.07) is 0. The first-order valence-corrected chi connectivity index (χ1v) is 5.33. The predicted molar refractivity (Wildman–Crippen MR) is 55.5 cm³/mol. The molecule has 0 bridgehead atoms. The predicted octanol–water partition coefficient (Wildman–Crippen LogP) is 0.0512. The van der Waals surface area contributed by atoms with Crippen LogP contribution in [0.25, 0.3) is 0 Å². The molecule has 0 aromatic heterocycles. The number of carbonyl (C=O) groups is 2. The molecule has 5 nitrogen and oxygen atoms in total. The van der Waals surface area contributed by atoms with Crippen LogP contribution >= 0.6 is 11.8 Å². The number of hydrogen-bond donors (Lipinski definition) is 2. The van der Waals surface area contributed by atoms with Crippen LogP contribution in [0.4, 0.5) is 0 Å². The van der Waals surface area contributed by atoms with E-state index in [4.69, 9.17) is 5.84 Å². The van der Waals surface area contributed by atoms with E-state index in [1.807, 2.05) is 6.92 Å². The van der Waals surface area contributed by atoms with E-state index in [9.17, 15) is 9.59 Å². The first kappa shape index (κ1) is 13.2. The molecular formula is C8H16N2O3S. The van der Waals surface area contributed by atoms with Crippen molar-refractivity contribution < 1.29 is 14.3 Å². The van der Waals surface area contributed by atoms with Crippen molar-refractivity contribution in [2.45, 2.75) is 25.0 Å². The zero-order valence-corrected chi connectivity index (χ0v) is 9.23. The Hall–Kier alpha value is -0.750. The summed E-state index contributed by atoms with van der Waals surface area (Å²) >= 11 is 1.55. The lowest BCUT2D eigenvalue weighted by Gasteiger charge is -2.08. The fourth-order valence-electron chi connectivity index (χ4n) is 0.824. The van der Waals surface area contributed by atoms with Gasteiger partial charge in [-0.3, -0.25) is 15.0 Å². The molecule has 0 aromatic rings. The Bertz CT molecular complexity index is 199. The first-order chi connectivity index (χ1) is 6.60. The molecule has 0 aliphatic heterocycles. The second kappa shape index (κ2) is 7.64. The molecule has 0 aromatic carbocycles. The summed E-state index contributed by atoms with van der Waals surface area (Å²) in [5.41, 5.74) is 2.06. The molecule has 0 rings (SSSR count). The van der Waals surface area contributed by atoms with E-state index in [0.29, 0.717) is 18.6 Å². The molecule has 0 aliphatic carbocycles. The monoisotopic (exact) mass is 220 g/mol. The van der Waals surface area contributed by atoms with Gasteiger partial charge in [0.2, 0.25) is 5.91 Å². The quantitative estimate of drug-likeness (QED) is 0.286. The highest BCUT2D eigenvalue weighted by Gasteiger charge is 2.09. The minimum Gasteiger partial charge on any atom is -0.469 e. The van der Waals surface area contributed by atoms with Gasteiger partial charge in [-0.25, -0.2) is 5.84 Å². The number of rotatable bonds is 6. The molecule has 82 valence electrons. The van der Waals surface area contributed by atoms with E-state index in [1.54, 1.807) is 11.8 Å². The van der Waals surface area contributed by atoms with E-state index in [2.05, 4.69) is 10.2 Å². The third-order valence-corrected chi connectivity index (χ3v) is 2.75. The van der Waals surface area contributed by atoms with Gasteiger partial charge in [-0.15, -0.1) is 0 Å². The average molecular weight is 220 g/mol. The van der Waals surface area contributed by atoms with Gasteiger partial charge in [-0.1, -0.05) is 6.92 Å². The van der Waals surface area contributed by atoms with Crippen LogP contribution in [0.3, 0.4) is 0 Å². The summed E-state index contributed by atoms with van der Waals surface area (Å²) in [5.74, 6) is 5.17. The summed E-state index contributed by atoms with van der Waals surface area (Å²) < 4.78 is 4.48. The maximum Gasteiger partial charge on any atom is 0.306 e. The lowest BCUT2D eigenvalue weighted by atomic mass is 10.3. The van der Waals surface area contributed by atoms with Crippen LogP contribution in [-0.2, 0) is 14.3 Å². The van der Waals surface area contributed by atoms with Gasteiger partial charge < -0.3 is 4.74 Å². The Morgan fingerprint density at radius 3 is 2.71 bits per heavy atom. The first-order valence-electron chi connectivity index (χ1n) is 4.28. The highest BCUT2D eigenvalue weighted by atomic mass is 32.2. The minimum atomic E-state index is -0.229. The summed E-state index contributed by atoms with van der Waals surface area (Å²) in [7, 11) is 1.36. The third-order valence-electron chi connectivity index (χ3n) is 1.57. The van der Waals surface area contributed by atoms with Crippen molar-refractivity contribution >= 4 is 23.6 Å². The smallest absolute Gasteiger partial charge is 0.306 e. The molecule has 0 heterocycles. The van der Waals surface area contributed by atoms with Crippen LogP contribution in [0, 0.1) is 0 Å². The number of amides is 1. The Kier molecular flexibility index (Phi) is 7.23. The van der Waals surface area contributed by atoms with Crippen LogP contribution in [0.2, 0.25) is 0 Å². The molecular weight excluding hydrogens is 204 g/mol. The Morgan fingerprint density at radius 1 is 1.57 bits per heavy atom. The zero-order chi connectivity index (χ0) is 11.0. The Balaban J connectivity index is 3.49. The van der Waals surface area contributed by atoms with Gasteiger partial charge >= 0.3 is 5.97 Å². The number of nitrogens with two attached hydrogens (primary N) is 1. The highest BCUT2D eigenvalue weighted by molar-refractivity contribution is 7.99. The van der Waals surface area contributed by atoms with Crippen LogP contribution in [0.1, 0.15) is 19.8 Å². The lowest BCUT2D eigenvalue weighted by molar-refractivity contribution is -0.140. The van der Waals surface area contributed by atoms with E-state index < -0.39 is 0 Å². The number of hydrazine groups is 1. The van der Waals surface area contributed by atoms with E-state index >= 15 is 0 Å². The molecule has 0 spiro atoms. The maximum atomic E-state index is 10.8. The summed E-state index contributed by atoms with van der Waals surface area (Å²) in [6.07, 6.45) is 0.734. The van der Waals surface area contributed by atoms with Crippen molar-refractivity contribution in [3.05, 3.63) is 0 Å². The summed E-state index contributed by atoms with van der Waals surface area (Å²) in [6.45, 7) is 1.91. The van der Waals surface area contributed by atoms with Gasteiger partial charge in [0.1, 0.15) is 0 Å². The van der Waals surface area contributed by atoms with E-state index in [1.165, 1.54) is 7.11 Å². The van der Waals surface area contributed by atoms with Crippen LogP contribution in [0.5, 0.6) is 0 Å². The summed E-state index contributed by atoms with van der Waals surface area (Å²) in [5, 5.41) is 0.156. The fourth-order valence-corrected chi connectivity index (χ4v) is 1.78. The van der Waals surface area contributed by atoms with Crippen LogP contribution < -0.4 is 11.3 Å². The molecule has 1 unspecified atom stereocenters. The van der Waals surface area contributed by atoms with Crippen molar-refractivity contribution in [1.82, 2.24) is 5.43 Å². The number of methoxy groups -OCH3 is 1. The SMILES string of the molecule is COC(=O)CCSC(C)CC(=O)NN. The third kappa shape index (κ3) is 6.73. The molecule has 0 saturated carbocycles. The second-order valence-electron chi connectivity index (χ2n) is 2.78. The minimum absolute atomic E-state index is 0.156. The number of thioether (sulfide) groups is 1. The van der Waals surface area contributed by atoms with Gasteiger partial charge in [0, 0.05) is 17.4 Å². The molecule has 14 heavy (non-hydrogen) atoms. The topological polar surface area (TPSA) is 81.4 Å². The van der Waals surface area contributed by atoms with Gasteiger partial charge in [0.05, 0.1) is 13.5 Å². The van der Waals surface area contributed by atoms with Crippen molar-refractivity contribution in [2.24, 2.45) is 5.84 Å². The Morgan fingerprint density at radius 2 is 2.21 bits per heavy atom. The summed E-state index contributed by atoms with van der Waals surface area (Å²) in [4.78, 5) is 21.6. The second-order valence-corrected chi connectivity index (χ2v) is 4.33. The average Bonchev–Trinajstić information content (AvgIpc) is 2.17. The number of ether oxygens (including phenoxy) is 1. The molecule has 3 N–H and O–H groups in total. The standard InChI is InChI=1S/C8H16N2O3S/c1-6(5-7(11)10-9)14-4-3-8(12)13-2/h6H,3-5,9H2,1-2H3,(H,10,11). The van der Waals surface area contributed by atoms with Crippen molar-refractivity contribution in [1.29, 1.82) is 0 Å². The fraction of sp³-hybridized carbons (Fsp3) is 0.750. The normalized spacial score (nSPS) is 11.9. The van der Waals surface area contributed by atoms with E-state index in [0.717, 1.165) is 0 Å². The van der Waals surface area contributed by atoms with Crippen molar-refractivity contribution in [3.63, 3.8) is 0 Å². The molecule has 6 heteroatoms. The number of hydrogen-bond acceptors (Lipinski definition) is 5. The van der Waals surface area contributed by atoms with Crippen molar-refractivity contribution in [2.75, 3.05) is 12.9 Å². The Labute approximate surface area is 87.7 Å². The molecule has 0 saturated heterocycles. The molecule has 1 atom stereocenters. The number of carbonyl (C=O) groups excluding carboxylic acids is 2. The lowest BCUT2D eigenvalue weighted by Crippen LogP contribution is -2.31. The number of esters is 1.